The van der Waals surface area contributed by atoms with Crippen LogP contribution < -0.4 is 4.72 Å². The third kappa shape index (κ3) is 2.98. The quantitative estimate of drug-likeness (QED) is 0.642. The Hall–Kier alpha value is -2.20. The third-order valence-corrected chi connectivity index (χ3v) is 3.73. The largest absolute Gasteiger partial charge is 0.478 e. The molecule has 2 aromatic rings. The van der Waals surface area contributed by atoms with E-state index in [1.165, 1.54) is 0 Å². The third-order valence-electron chi connectivity index (χ3n) is 2.30. The van der Waals surface area contributed by atoms with Gasteiger partial charge in [0.05, 0.1) is 12.7 Å². The topological polar surface area (TPSA) is 130 Å². The normalized spacial score (nSPS) is 11.6. The first-order chi connectivity index (χ1) is 9.00. The molecule has 10 heteroatoms. The number of carboxylic acid groups (broad SMARTS) is 1. The Labute approximate surface area is 108 Å². The minimum Gasteiger partial charge on any atom is -0.478 e. The van der Waals surface area contributed by atoms with Crippen LogP contribution in [0.1, 0.15) is 10.4 Å². The molecule has 2 rings (SSSR count). The lowest BCUT2D eigenvalue weighted by Crippen LogP contribution is -2.29. The van der Waals surface area contributed by atoms with Crippen LogP contribution >= 0.6 is 0 Å². The zero-order valence-corrected chi connectivity index (χ0v) is 10.5. The van der Waals surface area contributed by atoms with E-state index in [-0.39, 0.29) is 6.54 Å². The number of nitrogens with zero attached hydrogens (tertiary/aromatic N) is 3. The van der Waals surface area contributed by atoms with Crippen LogP contribution in [-0.4, -0.2) is 46.0 Å². The van der Waals surface area contributed by atoms with Crippen molar-refractivity contribution in [3.63, 3.8) is 0 Å². The minimum absolute atomic E-state index is 0.0854. The molecule has 0 fully saturated rings. The van der Waals surface area contributed by atoms with Gasteiger partial charge in [-0.3, -0.25) is 9.78 Å². The van der Waals surface area contributed by atoms with Crippen molar-refractivity contribution in [3.05, 3.63) is 30.2 Å². The molecule has 102 valence electrons. The smallest absolute Gasteiger partial charge is 0.340 e. The molecule has 0 aliphatic heterocycles. The van der Waals surface area contributed by atoms with Gasteiger partial charge in [-0.25, -0.2) is 17.9 Å². The number of hydrogen-bond acceptors (Lipinski definition) is 5. The lowest BCUT2D eigenvalue weighted by atomic mass is 10.4. The zero-order chi connectivity index (χ0) is 13.9. The molecule has 0 saturated heterocycles. The number of nitrogens with one attached hydrogen (secondary N) is 2. The number of rotatable bonds is 6. The fourth-order valence-electron chi connectivity index (χ4n) is 1.43. The maximum atomic E-state index is 11.9. The first kappa shape index (κ1) is 13.2. The molecule has 0 aliphatic rings. The molecule has 0 radical (unpaired) electrons. The van der Waals surface area contributed by atoms with E-state index >= 15 is 0 Å². The number of carbonyl (C=O) groups is 1. The van der Waals surface area contributed by atoms with Crippen LogP contribution in [-0.2, 0) is 16.6 Å². The average Bonchev–Trinajstić information content (AvgIpc) is 2.99. The lowest BCUT2D eigenvalue weighted by Gasteiger charge is -2.05. The van der Waals surface area contributed by atoms with Gasteiger partial charge in [0.25, 0.3) is 10.0 Å². The molecule has 2 aromatic heterocycles. The van der Waals surface area contributed by atoms with Gasteiger partial charge in [0, 0.05) is 18.9 Å². The summed E-state index contributed by atoms with van der Waals surface area (Å²) >= 11 is 0. The van der Waals surface area contributed by atoms with Gasteiger partial charge < -0.3 is 5.11 Å². The second-order valence-electron chi connectivity index (χ2n) is 3.58. The molecular formula is C9H11N5O4S. The maximum absolute atomic E-state index is 11.9. The Morgan fingerprint density at radius 2 is 2.32 bits per heavy atom. The number of sulfonamides is 1. The van der Waals surface area contributed by atoms with E-state index < -0.39 is 26.6 Å². The Bertz CT molecular complexity index is 661. The number of aromatic carboxylic acids is 1. The van der Waals surface area contributed by atoms with Crippen molar-refractivity contribution in [1.29, 1.82) is 0 Å². The van der Waals surface area contributed by atoms with E-state index in [1.807, 2.05) is 0 Å². The van der Waals surface area contributed by atoms with E-state index in [1.54, 1.807) is 23.1 Å². The molecule has 0 spiro atoms. The summed E-state index contributed by atoms with van der Waals surface area (Å²) in [4.78, 5) is 10.8. The van der Waals surface area contributed by atoms with Gasteiger partial charge in [0.15, 0.2) is 5.03 Å². The van der Waals surface area contributed by atoms with E-state index in [2.05, 4.69) is 20.0 Å². The fourth-order valence-corrected chi connectivity index (χ4v) is 2.54. The fraction of sp³-hybridized carbons (Fsp3) is 0.222. The minimum atomic E-state index is -3.94. The Balaban J connectivity index is 2.06. The van der Waals surface area contributed by atoms with Crippen molar-refractivity contribution in [2.24, 2.45) is 0 Å². The zero-order valence-electron chi connectivity index (χ0n) is 9.65. The highest BCUT2D eigenvalue weighted by Gasteiger charge is 2.24. The van der Waals surface area contributed by atoms with Crippen LogP contribution in [0.15, 0.2) is 29.7 Å². The van der Waals surface area contributed by atoms with E-state index in [9.17, 15) is 13.2 Å². The molecule has 19 heavy (non-hydrogen) atoms. The Kier molecular flexibility index (Phi) is 3.62. The van der Waals surface area contributed by atoms with Crippen LogP contribution in [0.5, 0.6) is 0 Å². The first-order valence-corrected chi connectivity index (χ1v) is 6.73. The molecule has 0 unspecified atom stereocenters. The Morgan fingerprint density at radius 3 is 2.95 bits per heavy atom. The number of hydrogen-bond donors (Lipinski definition) is 3. The number of carboxylic acids is 1. The van der Waals surface area contributed by atoms with Crippen LogP contribution in [0.25, 0.3) is 0 Å². The number of aromatic nitrogens is 4. The molecule has 0 amide bonds. The molecule has 0 atom stereocenters. The van der Waals surface area contributed by atoms with E-state index in [0.717, 1.165) is 6.20 Å². The van der Waals surface area contributed by atoms with Crippen molar-refractivity contribution in [2.75, 3.05) is 6.54 Å². The van der Waals surface area contributed by atoms with Gasteiger partial charge in [-0.2, -0.15) is 10.2 Å². The van der Waals surface area contributed by atoms with Gasteiger partial charge in [0.2, 0.25) is 0 Å². The molecule has 0 aromatic carbocycles. The number of H-pyrrole nitrogens is 1. The summed E-state index contributed by atoms with van der Waals surface area (Å²) in [6.45, 7) is 0.421. The SMILES string of the molecule is O=C(O)c1cn[nH]c1S(=O)(=O)NCCn1cccn1. The van der Waals surface area contributed by atoms with Crippen molar-refractivity contribution in [2.45, 2.75) is 11.6 Å². The molecule has 0 saturated carbocycles. The van der Waals surface area contributed by atoms with Crippen molar-refractivity contribution in [3.8, 4) is 0 Å². The van der Waals surface area contributed by atoms with Crippen LogP contribution in [0.4, 0.5) is 0 Å². The van der Waals surface area contributed by atoms with Gasteiger partial charge in [0.1, 0.15) is 5.56 Å². The van der Waals surface area contributed by atoms with Crippen molar-refractivity contribution < 1.29 is 18.3 Å². The summed E-state index contributed by atoms with van der Waals surface area (Å²) in [7, 11) is -3.94. The summed E-state index contributed by atoms with van der Waals surface area (Å²) in [5.41, 5.74) is -0.397. The van der Waals surface area contributed by atoms with Gasteiger partial charge in [-0.15, -0.1) is 0 Å². The molecular weight excluding hydrogens is 274 g/mol. The van der Waals surface area contributed by atoms with Gasteiger partial charge in [-0.05, 0) is 6.07 Å². The summed E-state index contributed by atoms with van der Waals surface area (Å²) in [5, 5.41) is 17.9. The highest BCUT2D eigenvalue weighted by atomic mass is 32.2. The van der Waals surface area contributed by atoms with Gasteiger partial charge >= 0.3 is 5.97 Å². The predicted octanol–water partition coefficient (Wildman–Crippen LogP) is -0.717. The molecule has 0 aliphatic carbocycles. The van der Waals surface area contributed by atoms with Gasteiger partial charge in [-0.1, -0.05) is 0 Å². The molecule has 9 nitrogen and oxygen atoms in total. The highest BCUT2D eigenvalue weighted by Crippen LogP contribution is 2.11. The summed E-state index contributed by atoms with van der Waals surface area (Å²) in [6, 6.07) is 1.71. The molecule has 2 heterocycles. The molecule has 0 bridgehead atoms. The average molecular weight is 285 g/mol. The maximum Gasteiger partial charge on any atom is 0.340 e. The summed E-state index contributed by atoms with van der Waals surface area (Å²) in [6.07, 6.45) is 4.21. The van der Waals surface area contributed by atoms with E-state index in [0.29, 0.717) is 6.54 Å². The highest BCUT2D eigenvalue weighted by molar-refractivity contribution is 7.89. The lowest BCUT2D eigenvalue weighted by molar-refractivity contribution is 0.0692. The summed E-state index contributed by atoms with van der Waals surface area (Å²) < 4.78 is 27.6. The van der Waals surface area contributed by atoms with Crippen molar-refractivity contribution in [1.82, 2.24) is 24.7 Å². The molecule has 3 N–H and O–H groups in total. The number of aromatic amines is 1. The van der Waals surface area contributed by atoms with E-state index in [4.69, 9.17) is 5.11 Å². The van der Waals surface area contributed by atoms with Crippen molar-refractivity contribution >= 4 is 16.0 Å². The van der Waals surface area contributed by atoms with Crippen LogP contribution in [0, 0.1) is 0 Å². The summed E-state index contributed by atoms with van der Waals surface area (Å²) in [5.74, 6) is -1.36. The second kappa shape index (κ2) is 5.20. The predicted molar refractivity (Wildman–Crippen MR) is 63.0 cm³/mol. The monoisotopic (exact) mass is 285 g/mol. The Morgan fingerprint density at radius 1 is 1.53 bits per heavy atom. The first-order valence-electron chi connectivity index (χ1n) is 5.24. The standard InChI is InChI=1S/C9H11N5O4S/c15-9(16)7-6-10-13-8(7)19(17,18)12-3-5-14-4-1-2-11-14/h1-2,4,6,12H,3,5H2,(H,10,13)(H,15,16). The second-order valence-corrected chi connectivity index (χ2v) is 5.29. The van der Waals surface area contributed by atoms with Crippen LogP contribution in [0.2, 0.25) is 0 Å². The van der Waals surface area contributed by atoms with Crippen LogP contribution in [0.3, 0.4) is 0 Å².